The fourth-order valence-corrected chi connectivity index (χ4v) is 2.10. The molecule has 5 heteroatoms. The summed E-state index contributed by atoms with van der Waals surface area (Å²) in [4.78, 5) is 11.0. The van der Waals surface area contributed by atoms with Crippen LogP contribution in [-0.2, 0) is 6.54 Å². The molecule has 21 heavy (non-hydrogen) atoms. The molecule has 0 saturated carbocycles. The number of nitrogens with one attached hydrogen (secondary N) is 1. The molecule has 0 aliphatic rings. The van der Waals surface area contributed by atoms with Crippen molar-refractivity contribution in [3.8, 4) is 0 Å². The first-order valence-corrected chi connectivity index (χ1v) is 7.22. The van der Waals surface area contributed by atoms with Gasteiger partial charge in [-0.2, -0.15) is 0 Å². The lowest BCUT2D eigenvalue weighted by molar-refractivity contribution is 0.627. The second-order valence-electron chi connectivity index (χ2n) is 4.78. The molecular formula is C16H21FN4. The molecule has 0 amide bonds. The van der Waals surface area contributed by atoms with E-state index >= 15 is 0 Å². The monoisotopic (exact) mass is 288 g/mol. The lowest BCUT2D eigenvalue weighted by Crippen LogP contribution is -2.20. The molecule has 0 aliphatic heterocycles. The number of hydrogen-bond acceptors (Lipinski definition) is 4. The SMILES string of the molecule is CCNCc1cnc(N(CC)c2ccc(F)cc2)nc1C. The van der Waals surface area contributed by atoms with Gasteiger partial charge < -0.3 is 10.2 Å². The predicted octanol–water partition coefficient (Wildman–Crippen LogP) is 3.19. The van der Waals surface area contributed by atoms with Gasteiger partial charge in [0.25, 0.3) is 0 Å². The van der Waals surface area contributed by atoms with Gasteiger partial charge in [0, 0.05) is 36.2 Å². The van der Waals surface area contributed by atoms with Gasteiger partial charge in [-0.05, 0) is 44.7 Å². The van der Waals surface area contributed by atoms with Crippen LogP contribution in [0.4, 0.5) is 16.0 Å². The summed E-state index contributed by atoms with van der Waals surface area (Å²) < 4.78 is 13.0. The first-order chi connectivity index (χ1) is 10.2. The molecule has 1 heterocycles. The van der Waals surface area contributed by atoms with Crippen LogP contribution in [0.5, 0.6) is 0 Å². The predicted molar refractivity (Wildman–Crippen MR) is 83.2 cm³/mol. The van der Waals surface area contributed by atoms with Crippen molar-refractivity contribution in [2.24, 2.45) is 0 Å². The largest absolute Gasteiger partial charge is 0.313 e. The molecule has 2 rings (SSSR count). The second-order valence-corrected chi connectivity index (χ2v) is 4.78. The zero-order valence-electron chi connectivity index (χ0n) is 12.7. The van der Waals surface area contributed by atoms with Gasteiger partial charge in [-0.15, -0.1) is 0 Å². The zero-order valence-corrected chi connectivity index (χ0v) is 12.7. The normalized spacial score (nSPS) is 10.7. The van der Waals surface area contributed by atoms with Crippen LogP contribution < -0.4 is 10.2 Å². The molecule has 0 saturated heterocycles. The van der Waals surface area contributed by atoms with Crippen molar-refractivity contribution in [1.82, 2.24) is 15.3 Å². The third-order valence-electron chi connectivity index (χ3n) is 3.33. The van der Waals surface area contributed by atoms with Crippen molar-refractivity contribution in [3.63, 3.8) is 0 Å². The number of nitrogens with zero attached hydrogens (tertiary/aromatic N) is 3. The summed E-state index contributed by atoms with van der Waals surface area (Å²) in [6, 6.07) is 6.38. The highest BCUT2D eigenvalue weighted by Crippen LogP contribution is 2.22. The molecule has 0 unspecified atom stereocenters. The summed E-state index contributed by atoms with van der Waals surface area (Å²) in [6.45, 7) is 8.48. The van der Waals surface area contributed by atoms with Crippen LogP contribution in [0.25, 0.3) is 0 Å². The molecular weight excluding hydrogens is 267 g/mol. The van der Waals surface area contributed by atoms with Gasteiger partial charge in [0.15, 0.2) is 0 Å². The first kappa shape index (κ1) is 15.4. The average Bonchev–Trinajstić information content (AvgIpc) is 2.49. The molecule has 0 fully saturated rings. The fourth-order valence-electron chi connectivity index (χ4n) is 2.10. The van der Waals surface area contributed by atoms with E-state index in [-0.39, 0.29) is 5.82 Å². The molecule has 0 bridgehead atoms. The first-order valence-electron chi connectivity index (χ1n) is 7.22. The average molecular weight is 288 g/mol. The number of anilines is 2. The van der Waals surface area contributed by atoms with Crippen molar-refractivity contribution in [3.05, 3.63) is 47.5 Å². The van der Waals surface area contributed by atoms with Crippen LogP contribution in [0.2, 0.25) is 0 Å². The number of rotatable bonds is 6. The second kappa shape index (κ2) is 7.13. The maximum atomic E-state index is 13.0. The Morgan fingerprint density at radius 1 is 1.19 bits per heavy atom. The van der Waals surface area contributed by atoms with Crippen molar-refractivity contribution >= 4 is 11.6 Å². The molecule has 1 N–H and O–H groups in total. The van der Waals surface area contributed by atoms with E-state index in [1.165, 1.54) is 12.1 Å². The van der Waals surface area contributed by atoms with Gasteiger partial charge in [-0.3, -0.25) is 0 Å². The lowest BCUT2D eigenvalue weighted by atomic mass is 10.2. The Kier molecular flexibility index (Phi) is 5.22. The summed E-state index contributed by atoms with van der Waals surface area (Å²) in [5, 5.41) is 3.27. The quantitative estimate of drug-likeness (QED) is 0.886. The highest BCUT2D eigenvalue weighted by molar-refractivity contribution is 5.57. The fraction of sp³-hybridized carbons (Fsp3) is 0.375. The minimum absolute atomic E-state index is 0.243. The maximum absolute atomic E-state index is 13.0. The van der Waals surface area contributed by atoms with Crippen LogP contribution in [0.1, 0.15) is 25.1 Å². The summed E-state index contributed by atoms with van der Waals surface area (Å²) in [5.74, 6) is 0.398. The Balaban J connectivity index is 2.26. The summed E-state index contributed by atoms with van der Waals surface area (Å²) in [7, 11) is 0. The Labute approximate surface area is 125 Å². The third kappa shape index (κ3) is 3.76. The smallest absolute Gasteiger partial charge is 0.230 e. The standard InChI is InChI=1S/C16H21FN4/c1-4-18-10-13-11-19-16(20-12(13)3)21(5-2)15-8-6-14(17)7-9-15/h6-9,11,18H,4-5,10H2,1-3H3. The number of aryl methyl sites for hydroxylation is 1. The van der Waals surface area contributed by atoms with Gasteiger partial charge in [0.05, 0.1) is 0 Å². The molecule has 0 atom stereocenters. The van der Waals surface area contributed by atoms with E-state index in [4.69, 9.17) is 0 Å². The summed E-state index contributed by atoms with van der Waals surface area (Å²) >= 11 is 0. The van der Waals surface area contributed by atoms with Crippen molar-refractivity contribution in [1.29, 1.82) is 0 Å². The van der Waals surface area contributed by atoms with E-state index in [0.29, 0.717) is 5.95 Å². The van der Waals surface area contributed by atoms with Gasteiger partial charge in [-0.25, -0.2) is 14.4 Å². The maximum Gasteiger partial charge on any atom is 0.230 e. The van der Waals surface area contributed by atoms with Gasteiger partial charge >= 0.3 is 0 Å². The van der Waals surface area contributed by atoms with Crippen LogP contribution in [-0.4, -0.2) is 23.1 Å². The van der Waals surface area contributed by atoms with Gasteiger partial charge in [-0.1, -0.05) is 6.92 Å². The Bertz CT molecular complexity index is 583. The van der Waals surface area contributed by atoms with Crippen LogP contribution >= 0.6 is 0 Å². The van der Waals surface area contributed by atoms with Gasteiger partial charge in [0.2, 0.25) is 5.95 Å². The van der Waals surface area contributed by atoms with Crippen molar-refractivity contribution < 1.29 is 4.39 Å². The van der Waals surface area contributed by atoms with E-state index in [2.05, 4.69) is 22.2 Å². The number of aromatic nitrogens is 2. The molecule has 1 aromatic heterocycles. The van der Waals surface area contributed by atoms with Crippen molar-refractivity contribution in [2.75, 3.05) is 18.0 Å². The number of halogens is 1. The van der Waals surface area contributed by atoms with Crippen LogP contribution in [0, 0.1) is 12.7 Å². The lowest BCUT2D eigenvalue weighted by Gasteiger charge is -2.21. The number of benzene rings is 1. The zero-order chi connectivity index (χ0) is 15.2. The third-order valence-corrected chi connectivity index (χ3v) is 3.33. The van der Waals surface area contributed by atoms with E-state index in [0.717, 1.165) is 36.6 Å². The Morgan fingerprint density at radius 2 is 1.90 bits per heavy atom. The Hall–Kier alpha value is -2.01. The van der Waals surface area contributed by atoms with Crippen LogP contribution in [0.15, 0.2) is 30.5 Å². The minimum Gasteiger partial charge on any atom is -0.313 e. The molecule has 0 spiro atoms. The number of hydrogen-bond donors (Lipinski definition) is 1. The van der Waals surface area contributed by atoms with Crippen molar-refractivity contribution in [2.45, 2.75) is 27.3 Å². The highest BCUT2D eigenvalue weighted by Gasteiger charge is 2.12. The van der Waals surface area contributed by atoms with E-state index < -0.39 is 0 Å². The molecule has 0 radical (unpaired) electrons. The molecule has 1 aromatic carbocycles. The summed E-state index contributed by atoms with van der Waals surface area (Å²) in [6.07, 6.45) is 1.85. The Morgan fingerprint density at radius 3 is 2.48 bits per heavy atom. The van der Waals surface area contributed by atoms with E-state index in [1.54, 1.807) is 12.1 Å². The van der Waals surface area contributed by atoms with E-state index in [1.807, 2.05) is 24.9 Å². The minimum atomic E-state index is -0.243. The summed E-state index contributed by atoms with van der Waals surface area (Å²) in [5.41, 5.74) is 2.94. The molecule has 4 nitrogen and oxygen atoms in total. The molecule has 0 aliphatic carbocycles. The molecule has 112 valence electrons. The van der Waals surface area contributed by atoms with E-state index in [9.17, 15) is 4.39 Å². The van der Waals surface area contributed by atoms with Crippen LogP contribution in [0.3, 0.4) is 0 Å². The topological polar surface area (TPSA) is 41.1 Å². The molecule has 2 aromatic rings. The van der Waals surface area contributed by atoms with Gasteiger partial charge in [0.1, 0.15) is 5.82 Å². The highest BCUT2D eigenvalue weighted by atomic mass is 19.1.